The molecule has 5 nitrogen and oxygen atoms in total. The first-order valence-corrected chi connectivity index (χ1v) is 10.6. The molecule has 2 saturated heterocycles. The van der Waals surface area contributed by atoms with Gasteiger partial charge in [-0.15, -0.1) is 0 Å². The molecule has 1 aliphatic carbocycles. The van der Waals surface area contributed by atoms with Gasteiger partial charge < -0.3 is 14.7 Å². The smallest absolute Gasteiger partial charge is 0.308 e. The second kappa shape index (κ2) is 8.73. The maximum atomic E-state index is 12.6. The zero-order valence-electron chi connectivity index (χ0n) is 16.4. The Bertz CT molecular complexity index is 508. The number of aliphatic hydroxyl groups is 1. The average Bonchev–Trinajstić information content (AvgIpc) is 2.63. The summed E-state index contributed by atoms with van der Waals surface area (Å²) in [5.74, 6) is 2.12. The highest BCUT2D eigenvalue weighted by Crippen LogP contribution is 2.42. The van der Waals surface area contributed by atoms with Crippen LogP contribution in [0.25, 0.3) is 0 Å². The fourth-order valence-electron chi connectivity index (χ4n) is 5.26. The molecule has 0 aromatic heterocycles. The molecule has 0 aromatic carbocycles. The van der Waals surface area contributed by atoms with Crippen molar-refractivity contribution in [2.75, 3.05) is 13.1 Å². The third kappa shape index (κ3) is 4.59. The third-order valence-electron chi connectivity index (χ3n) is 7.00. The monoisotopic (exact) mass is 365 g/mol. The van der Waals surface area contributed by atoms with Crippen LogP contribution >= 0.6 is 0 Å². The van der Waals surface area contributed by atoms with Gasteiger partial charge in [0.05, 0.1) is 12.5 Å². The van der Waals surface area contributed by atoms with Crippen LogP contribution in [-0.4, -0.2) is 47.2 Å². The molecule has 2 aliphatic heterocycles. The van der Waals surface area contributed by atoms with Gasteiger partial charge >= 0.3 is 5.97 Å². The van der Waals surface area contributed by atoms with Gasteiger partial charge in [0.25, 0.3) is 0 Å². The first-order valence-electron chi connectivity index (χ1n) is 10.6. The van der Waals surface area contributed by atoms with Crippen molar-refractivity contribution in [1.29, 1.82) is 0 Å². The normalized spacial score (nSPS) is 36.2. The summed E-state index contributed by atoms with van der Waals surface area (Å²) in [5, 5.41) is 9.80. The van der Waals surface area contributed by atoms with Crippen LogP contribution in [0.3, 0.4) is 0 Å². The SMILES string of the molecule is CCC(C)C(=O)N1CCC2CCCC(CCC3CC(O)CC(=O)O3)C2C1. The molecule has 0 spiro atoms. The molecule has 5 heteroatoms. The van der Waals surface area contributed by atoms with E-state index in [2.05, 4.69) is 11.8 Å². The van der Waals surface area contributed by atoms with E-state index in [1.165, 1.54) is 19.3 Å². The van der Waals surface area contributed by atoms with E-state index < -0.39 is 6.10 Å². The number of esters is 1. The van der Waals surface area contributed by atoms with E-state index in [1.807, 2.05) is 6.92 Å². The lowest BCUT2D eigenvalue weighted by molar-refractivity contribution is -0.161. The number of amides is 1. The summed E-state index contributed by atoms with van der Waals surface area (Å²) < 4.78 is 5.43. The number of hydrogen-bond donors (Lipinski definition) is 1. The molecule has 3 fully saturated rings. The van der Waals surface area contributed by atoms with Crippen molar-refractivity contribution in [2.24, 2.45) is 23.7 Å². The van der Waals surface area contributed by atoms with Crippen LogP contribution in [0.4, 0.5) is 0 Å². The van der Waals surface area contributed by atoms with Gasteiger partial charge in [0, 0.05) is 25.4 Å². The first-order chi connectivity index (χ1) is 12.5. The van der Waals surface area contributed by atoms with Gasteiger partial charge in [-0.3, -0.25) is 9.59 Å². The molecule has 2 heterocycles. The highest BCUT2D eigenvalue weighted by atomic mass is 16.5. The minimum atomic E-state index is -0.543. The van der Waals surface area contributed by atoms with Crippen molar-refractivity contribution >= 4 is 11.9 Å². The summed E-state index contributed by atoms with van der Waals surface area (Å²) >= 11 is 0. The van der Waals surface area contributed by atoms with Crippen molar-refractivity contribution in [3.8, 4) is 0 Å². The number of cyclic esters (lactones) is 1. The summed E-state index contributed by atoms with van der Waals surface area (Å²) in [6.07, 6.45) is 7.75. The summed E-state index contributed by atoms with van der Waals surface area (Å²) in [6, 6.07) is 0. The molecule has 1 amide bonds. The summed E-state index contributed by atoms with van der Waals surface area (Å²) in [6.45, 7) is 5.95. The number of rotatable bonds is 5. The molecule has 3 rings (SSSR count). The lowest BCUT2D eigenvalue weighted by Gasteiger charge is -2.46. The summed E-state index contributed by atoms with van der Waals surface area (Å²) in [7, 11) is 0. The van der Waals surface area contributed by atoms with Crippen LogP contribution in [0.5, 0.6) is 0 Å². The Morgan fingerprint density at radius 2 is 2.12 bits per heavy atom. The second-order valence-electron chi connectivity index (χ2n) is 8.78. The van der Waals surface area contributed by atoms with E-state index in [9.17, 15) is 14.7 Å². The Balaban J connectivity index is 1.57. The fraction of sp³-hybridized carbons (Fsp3) is 0.905. The number of likely N-dealkylation sites (tertiary alicyclic amines) is 1. The van der Waals surface area contributed by atoms with Gasteiger partial charge in [-0.2, -0.15) is 0 Å². The quantitative estimate of drug-likeness (QED) is 0.760. The maximum absolute atomic E-state index is 12.6. The van der Waals surface area contributed by atoms with Crippen LogP contribution in [0, 0.1) is 23.7 Å². The number of fused-ring (bicyclic) bond motifs is 1. The molecule has 0 radical (unpaired) electrons. The molecule has 0 aromatic rings. The molecule has 0 bridgehead atoms. The van der Waals surface area contributed by atoms with Crippen LogP contribution in [0.15, 0.2) is 0 Å². The van der Waals surface area contributed by atoms with Gasteiger partial charge in [0.15, 0.2) is 0 Å². The predicted octanol–water partition coefficient (Wildman–Crippen LogP) is 3.14. The van der Waals surface area contributed by atoms with E-state index >= 15 is 0 Å². The maximum Gasteiger partial charge on any atom is 0.308 e. The van der Waals surface area contributed by atoms with Crippen molar-refractivity contribution in [2.45, 2.75) is 83.8 Å². The number of hydrogen-bond acceptors (Lipinski definition) is 4. The van der Waals surface area contributed by atoms with Crippen molar-refractivity contribution in [3.05, 3.63) is 0 Å². The van der Waals surface area contributed by atoms with E-state index in [4.69, 9.17) is 4.74 Å². The third-order valence-corrected chi connectivity index (χ3v) is 7.00. The van der Waals surface area contributed by atoms with E-state index in [0.29, 0.717) is 24.2 Å². The molecule has 6 unspecified atom stereocenters. The zero-order chi connectivity index (χ0) is 18.7. The number of ether oxygens (including phenoxy) is 1. The van der Waals surface area contributed by atoms with Crippen molar-refractivity contribution in [3.63, 3.8) is 0 Å². The topological polar surface area (TPSA) is 66.8 Å². The van der Waals surface area contributed by atoms with E-state index in [-0.39, 0.29) is 24.4 Å². The Morgan fingerprint density at radius 1 is 1.31 bits per heavy atom. The molecule has 148 valence electrons. The molecule has 6 atom stereocenters. The highest BCUT2D eigenvalue weighted by Gasteiger charge is 2.39. The average molecular weight is 366 g/mol. The molecular weight excluding hydrogens is 330 g/mol. The molecule has 1 saturated carbocycles. The van der Waals surface area contributed by atoms with E-state index in [1.54, 1.807) is 0 Å². The van der Waals surface area contributed by atoms with Crippen molar-refractivity contribution in [1.82, 2.24) is 4.90 Å². The molecule has 26 heavy (non-hydrogen) atoms. The van der Waals surface area contributed by atoms with Crippen molar-refractivity contribution < 1.29 is 19.4 Å². The largest absolute Gasteiger partial charge is 0.462 e. The Morgan fingerprint density at radius 3 is 2.85 bits per heavy atom. The van der Waals surface area contributed by atoms with Crippen LogP contribution < -0.4 is 0 Å². The minimum Gasteiger partial charge on any atom is -0.462 e. The summed E-state index contributed by atoms with van der Waals surface area (Å²) in [4.78, 5) is 26.3. The van der Waals surface area contributed by atoms with Gasteiger partial charge in [-0.25, -0.2) is 0 Å². The van der Waals surface area contributed by atoms with Gasteiger partial charge in [-0.05, 0) is 43.4 Å². The minimum absolute atomic E-state index is 0.122. The van der Waals surface area contributed by atoms with Crippen LogP contribution in [0.2, 0.25) is 0 Å². The first kappa shape index (κ1) is 19.7. The number of nitrogens with zero attached hydrogens (tertiary/aromatic N) is 1. The standard InChI is InChI=1S/C21H35NO4/c1-3-14(2)21(25)22-10-9-16-6-4-5-15(19(16)13-22)7-8-18-11-17(23)12-20(24)26-18/h14-19,23H,3-13H2,1-2H3. The fourth-order valence-corrected chi connectivity index (χ4v) is 5.26. The Kier molecular flexibility index (Phi) is 6.60. The number of aliphatic hydroxyl groups excluding tert-OH is 1. The summed E-state index contributed by atoms with van der Waals surface area (Å²) in [5.41, 5.74) is 0. The zero-order valence-corrected chi connectivity index (χ0v) is 16.4. The molecule has 1 N–H and O–H groups in total. The van der Waals surface area contributed by atoms with E-state index in [0.717, 1.165) is 44.7 Å². The number of carbonyl (C=O) groups is 2. The lowest BCUT2D eigenvalue weighted by atomic mass is 9.67. The Labute approximate surface area is 157 Å². The van der Waals surface area contributed by atoms with Crippen LogP contribution in [0.1, 0.15) is 71.6 Å². The van der Waals surface area contributed by atoms with Crippen LogP contribution in [-0.2, 0) is 14.3 Å². The Hall–Kier alpha value is -1.10. The number of piperidine rings is 1. The molecule has 3 aliphatic rings. The molecular formula is C21H35NO4. The lowest BCUT2D eigenvalue weighted by Crippen LogP contribution is -2.49. The second-order valence-corrected chi connectivity index (χ2v) is 8.78. The van der Waals surface area contributed by atoms with Gasteiger partial charge in [0.2, 0.25) is 5.91 Å². The van der Waals surface area contributed by atoms with Gasteiger partial charge in [-0.1, -0.05) is 33.1 Å². The van der Waals surface area contributed by atoms with Gasteiger partial charge in [0.1, 0.15) is 6.10 Å². The number of carbonyl (C=O) groups excluding carboxylic acids is 2. The predicted molar refractivity (Wildman–Crippen MR) is 99.3 cm³/mol. The highest BCUT2D eigenvalue weighted by molar-refractivity contribution is 5.78.